The molecule has 1 aromatic carbocycles. The molecule has 0 aliphatic carbocycles. The van der Waals surface area contributed by atoms with Gasteiger partial charge in [0.15, 0.2) is 0 Å². The van der Waals surface area contributed by atoms with Gasteiger partial charge in [-0.15, -0.1) is 0 Å². The zero-order chi connectivity index (χ0) is 20.5. The fourth-order valence-corrected chi connectivity index (χ4v) is 3.62. The van der Waals surface area contributed by atoms with Crippen molar-refractivity contribution in [2.45, 2.75) is 58.6 Å². The molecule has 0 bridgehead atoms. The zero-order valence-corrected chi connectivity index (χ0v) is 17.8. The molecule has 150 valence electrons. The average Bonchev–Trinajstić information content (AvgIpc) is 2.84. The van der Waals surface area contributed by atoms with E-state index in [0.717, 1.165) is 22.0 Å². The van der Waals surface area contributed by atoms with E-state index < -0.39 is 27.1 Å². The van der Waals surface area contributed by atoms with Crippen LogP contribution in [0.5, 0.6) is 0 Å². The highest BCUT2D eigenvalue weighted by Gasteiger charge is 2.26. The number of hydrogen-bond acceptors (Lipinski definition) is 4. The second kappa shape index (κ2) is 7.54. The molecule has 0 saturated carbocycles. The number of fused-ring (bicyclic) bond motifs is 1. The van der Waals surface area contributed by atoms with Gasteiger partial charge in [-0.05, 0) is 58.6 Å². The van der Waals surface area contributed by atoms with Crippen molar-refractivity contribution in [3.8, 4) is 0 Å². The number of hydrogen-bond donors (Lipinski definition) is 2. The highest BCUT2D eigenvalue weighted by atomic mass is 32.2. The summed E-state index contributed by atoms with van der Waals surface area (Å²) in [5, 5.41) is 3.96. The summed E-state index contributed by atoms with van der Waals surface area (Å²) < 4.78 is 28.3. The number of benzene rings is 1. The molecule has 2 rings (SSSR count). The molecule has 0 fully saturated rings. The molecule has 0 spiro atoms. The monoisotopic (exact) mass is 394 g/mol. The molecule has 2 aromatic rings. The Kier molecular flexibility index (Phi) is 5.94. The summed E-state index contributed by atoms with van der Waals surface area (Å²) in [6.45, 7) is 9.39. The van der Waals surface area contributed by atoms with Gasteiger partial charge in [0.05, 0.1) is 5.75 Å². The third-order valence-corrected chi connectivity index (χ3v) is 5.05. The van der Waals surface area contributed by atoms with Crippen LogP contribution in [0.1, 0.15) is 45.7 Å². The summed E-state index contributed by atoms with van der Waals surface area (Å²) in [7, 11) is -3.02. The number of rotatable bonds is 6. The number of aromatic nitrogens is 1. The zero-order valence-electron chi connectivity index (χ0n) is 17.0. The van der Waals surface area contributed by atoms with E-state index in [2.05, 4.69) is 10.3 Å². The van der Waals surface area contributed by atoms with Gasteiger partial charge in [0.2, 0.25) is 0 Å². The molecule has 1 amide bonds. The lowest BCUT2D eigenvalue weighted by Crippen LogP contribution is -2.47. The lowest BCUT2D eigenvalue weighted by atomic mass is 9.94. The second-order valence-electron chi connectivity index (χ2n) is 8.72. The molecule has 0 saturated heterocycles. The molecule has 0 radical (unpaired) electrons. The standard InChI is InChI=1S/C20H30N2O4S/c1-19(2,3)26-18(23)22-20(4,5)12-15-13-21-17-14(8-7-9-16(15)17)10-11-27(6,24)25/h7-9,13,21H,10-12H2,1-6H3,(H,22,23). The number of carbonyl (C=O) groups is 1. The number of aryl methyl sites for hydroxylation is 1. The largest absolute Gasteiger partial charge is 0.444 e. The van der Waals surface area contributed by atoms with Crippen molar-refractivity contribution in [1.29, 1.82) is 0 Å². The van der Waals surface area contributed by atoms with Crippen LogP contribution in [0.4, 0.5) is 4.79 Å². The highest BCUT2D eigenvalue weighted by molar-refractivity contribution is 7.90. The fraction of sp³-hybridized carbons (Fsp3) is 0.550. The number of aromatic amines is 1. The molecule has 0 aliphatic heterocycles. The summed E-state index contributed by atoms with van der Waals surface area (Å²) in [5.74, 6) is 0.117. The van der Waals surface area contributed by atoms with Gasteiger partial charge in [-0.3, -0.25) is 0 Å². The van der Waals surface area contributed by atoms with Gasteiger partial charge in [-0.25, -0.2) is 13.2 Å². The lowest BCUT2D eigenvalue weighted by molar-refractivity contribution is 0.0472. The Labute approximate surface area is 161 Å². The molecule has 27 heavy (non-hydrogen) atoms. The fourth-order valence-electron chi connectivity index (χ4n) is 3.03. The minimum absolute atomic E-state index is 0.117. The molecule has 0 unspecified atom stereocenters. The summed E-state index contributed by atoms with van der Waals surface area (Å²) in [5.41, 5.74) is 1.94. The van der Waals surface area contributed by atoms with Crippen molar-refractivity contribution in [1.82, 2.24) is 10.3 Å². The maximum Gasteiger partial charge on any atom is 0.408 e. The molecule has 1 aromatic heterocycles. The summed E-state index contributed by atoms with van der Waals surface area (Å²) in [6, 6.07) is 5.89. The quantitative estimate of drug-likeness (QED) is 0.783. The van der Waals surface area contributed by atoms with Gasteiger partial charge in [-0.1, -0.05) is 18.2 Å². The number of ether oxygens (including phenoxy) is 1. The Bertz CT molecular complexity index is 921. The first kappa shape index (κ1) is 21.3. The third kappa shape index (κ3) is 6.57. The van der Waals surface area contributed by atoms with E-state index in [9.17, 15) is 13.2 Å². The number of H-pyrrole nitrogens is 1. The van der Waals surface area contributed by atoms with E-state index >= 15 is 0 Å². The van der Waals surface area contributed by atoms with Gasteiger partial charge in [-0.2, -0.15) is 0 Å². The van der Waals surface area contributed by atoms with Crippen LogP contribution in [0, 0.1) is 0 Å². The number of amides is 1. The Morgan fingerprint density at radius 1 is 1.15 bits per heavy atom. The van der Waals surface area contributed by atoms with Crippen LogP contribution in [0.3, 0.4) is 0 Å². The summed E-state index contributed by atoms with van der Waals surface area (Å²) in [4.78, 5) is 15.4. The molecule has 1 heterocycles. The molecule has 0 atom stereocenters. The van der Waals surface area contributed by atoms with Crippen LogP contribution < -0.4 is 5.32 Å². The van der Waals surface area contributed by atoms with Crippen molar-refractivity contribution in [2.24, 2.45) is 0 Å². The minimum Gasteiger partial charge on any atom is -0.444 e. The van der Waals surface area contributed by atoms with Gasteiger partial charge < -0.3 is 15.0 Å². The summed E-state index contributed by atoms with van der Waals surface area (Å²) in [6.07, 6.45) is 3.81. The number of para-hydroxylation sites is 1. The topological polar surface area (TPSA) is 88.3 Å². The lowest BCUT2D eigenvalue weighted by Gasteiger charge is -2.28. The first-order valence-electron chi connectivity index (χ1n) is 9.02. The van der Waals surface area contributed by atoms with E-state index in [-0.39, 0.29) is 5.75 Å². The van der Waals surface area contributed by atoms with Crippen LogP contribution in [-0.2, 0) is 27.4 Å². The van der Waals surface area contributed by atoms with Crippen molar-refractivity contribution in [3.63, 3.8) is 0 Å². The normalized spacial score (nSPS) is 13.0. The van der Waals surface area contributed by atoms with Crippen molar-refractivity contribution in [2.75, 3.05) is 12.0 Å². The first-order chi connectivity index (χ1) is 12.3. The number of nitrogens with one attached hydrogen (secondary N) is 2. The average molecular weight is 395 g/mol. The molecular weight excluding hydrogens is 364 g/mol. The highest BCUT2D eigenvalue weighted by Crippen LogP contribution is 2.26. The van der Waals surface area contributed by atoms with Gasteiger partial charge in [0.25, 0.3) is 0 Å². The van der Waals surface area contributed by atoms with Crippen LogP contribution in [0.2, 0.25) is 0 Å². The van der Waals surface area contributed by atoms with Crippen molar-refractivity contribution in [3.05, 3.63) is 35.5 Å². The Balaban J connectivity index is 2.18. The Morgan fingerprint density at radius 2 is 1.81 bits per heavy atom. The van der Waals surface area contributed by atoms with Crippen LogP contribution >= 0.6 is 0 Å². The van der Waals surface area contributed by atoms with Gasteiger partial charge >= 0.3 is 6.09 Å². The SMILES string of the molecule is CC(C)(Cc1c[nH]c2c(CCS(C)(=O)=O)cccc12)NC(=O)OC(C)(C)C. The predicted octanol–water partition coefficient (Wildman–Crippen LogP) is 3.60. The van der Waals surface area contributed by atoms with E-state index in [1.165, 1.54) is 6.26 Å². The number of carbonyl (C=O) groups excluding carboxylic acids is 1. The van der Waals surface area contributed by atoms with Crippen LogP contribution in [0.25, 0.3) is 10.9 Å². The molecule has 6 nitrogen and oxygen atoms in total. The van der Waals surface area contributed by atoms with Crippen molar-refractivity contribution < 1.29 is 17.9 Å². The van der Waals surface area contributed by atoms with Gasteiger partial charge in [0, 0.05) is 28.9 Å². The molecule has 7 heteroatoms. The number of alkyl carbamates (subject to hydrolysis) is 1. The third-order valence-electron chi connectivity index (χ3n) is 4.10. The molecule has 2 N–H and O–H groups in total. The van der Waals surface area contributed by atoms with Crippen LogP contribution in [-0.4, -0.2) is 42.6 Å². The van der Waals surface area contributed by atoms with Gasteiger partial charge in [0.1, 0.15) is 15.4 Å². The minimum atomic E-state index is -3.02. The molecular formula is C20H30N2O4S. The first-order valence-corrected chi connectivity index (χ1v) is 11.1. The molecule has 0 aliphatic rings. The van der Waals surface area contributed by atoms with Crippen LogP contribution in [0.15, 0.2) is 24.4 Å². The van der Waals surface area contributed by atoms with E-state index in [1.807, 2.05) is 59.0 Å². The predicted molar refractivity (Wildman–Crippen MR) is 109 cm³/mol. The van der Waals surface area contributed by atoms with E-state index in [0.29, 0.717) is 12.8 Å². The maximum atomic E-state index is 12.1. The smallest absolute Gasteiger partial charge is 0.408 e. The van der Waals surface area contributed by atoms with E-state index in [4.69, 9.17) is 4.74 Å². The summed E-state index contributed by atoms with van der Waals surface area (Å²) >= 11 is 0. The second-order valence-corrected chi connectivity index (χ2v) is 11.0. The maximum absolute atomic E-state index is 12.1. The Hall–Kier alpha value is -2.02. The van der Waals surface area contributed by atoms with Crippen molar-refractivity contribution >= 4 is 26.8 Å². The number of sulfone groups is 1. The van der Waals surface area contributed by atoms with E-state index in [1.54, 1.807) is 0 Å². The Morgan fingerprint density at radius 3 is 2.41 bits per heavy atom.